The summed E-state index contributed by atoms with van der Waals surface area (Å²) in [6, 6.07) is 4.50. The maximum absolute atomic E-state index is 13.4. The highest BCUT2D eigenvalue weighted by Gasteiger charge is 2.12. The van der Waals surface area contributed by atoms with Gasteiger partial charge in [-0.2, -0.15) is 0 Å². The van der Waals surface area contributed by atoms with Crippen LogP contribution in [0.3, 0.4) is 0 Å². The number of hydrogen-bond acceptors (Lipinski definition) is 5. The fourth-order valence-corrected chi connectivity index (χ4v) is 2.76. The van der Waals surface area contributed by atoms with E-state index in [9.17, 15) is 4.39 Å². The summed E-state index contributed by atoms with van der Waals surface area (Å²) >= 11 is 1.63. The molecule has 3 rings (SSSR count). The summed E-state index contributed by atoms with van der Waals surface area (Å²) in [6.07, 6.45) is 3.32. The molecule has 1 N–H and O–H groups in total. The molecular formula is C14H13FN4S. The van der Waals surface area contributed by atoms with Crippen LogP contribution in [0.5, 0.6) is 0 Å². The van der Waals surface area contributed by atoms with E-state index >= 15 is 0 Å². The molecule has 1 unspecified atom stereocenters. The summed E-state index contributed by atoms with van der Waals surface area (Å²) in [5, 5.41) is 4.92. The summed E-state index contributed by atoms with van der Waals surface area (Å²) in [6.45, 7) is 4.02. The minimum Gasteiger partial charge on any atom is -0.360 e. The van der Waals surface area contributed by atoms with Gasteiger partial charge in [0.25, 0.3) is 0 Å². The van der Waals surface area contributed by atoms with Gasteiger partial charge in [-0.25, -0.2) is 19.3 Å². The van der Waals surface area contributed by atoms with Gasteiger partial charge in [0.2, 0.25) is 0 Å². The van der Waals surface area contributed by atoms with Crippen LogP contribution in [0.4, 0.5) is 10.2 Å². The number of hydrogen-bond donors (Lipinski definition) is 1. The smallest absolute Gasteiger partial charge is 0.137 e. The predicted octanol–water partition coefficient (Wildman–Crippen LogP) is 3.71. The molecule has 0 fully saturated rings. The lowest BCUT2D eigenvalue weighted by molar-refractivity contribution is 0.629. The zero-order valence-electron chi connectivity index (χ0n) is 11.1. The Hall–Kier alpha value is -2.08. The van der Waals surface area contributed by atoms with E-state index in [2.05, 4.69) is 20.3 Å². The Bertz CT molecular complexity index is 756. The first-order valence-corrected chi connectivity index (χ1v) is 7.04. The molecule has 20 heavy (non-hydrogen) atoms. The Kier molecular flexibility index (Phi) is 3.31. The van der Waals surface area contributed by atoms with Gasteiger partial charge in [0.05, 0.1) is 11.6 Å². The van der Waals surface area contributed by atoms with Crippen LogP contribution < -0.4 is 5.32 Å². The molecule has 4 nitrogen and oxygen atoms in total. The first-order valence-electron chi connectivity index (χ1n) is 6.22. The zero-order valence-corrected chi connectivity index (χ0v) is 11.9. The van der Waals surface area contributed by atoms with Crippen LogP contribution >= 0.6 is 11.3 Å². The van der Waals surface area contributed by atoms with Crippen LogP contribution in [0.2, 0.25) is 0 Å². The van der Waals surface area contributed by atoms with Crippen molar-refractivity contribution in [2.24, 2.45) is 0 Å². The number of benzene rings is 1. The Morgan fingerprint density at radius 1 is 1.25 bits per heavy atom. The average molecular weight is 288 g/mol. The van der Waals surface area contributed by atoms with E-state index in [0.29, 0.717) is 16.7 Å². The van der Waals surface area contributed by atoms with Crippen molar-refractivity contribution in [2.75, 3.05) is 5.32 Å². The van der Waals surface area contributed by atoms with Crippen molar-refractivity contribution in [3.8, 4) is 0 Å². The van der Waals surface area contributed by atoms with Crippen LogP contribution in [-0.4, -0.2) is 15.0 Å². The van der Waals surface area contributed by atoms with Crippen molar-refractivity contribution in [3.05, 3.63) is 46.4 Å². The lowest BCUT2D eigenvalue weighted by Gasteiger charge is -2.13. The molecule has 6 heteroatoms. The molecule has 0 saturated heterocycles. The van der Waals surface area contributed by atoms with E-state index in [-0.39, 0.29) is 11.9 Å². The molecule has 0 aliphatic rings. The van der Waals surface area contributed by atoms with Crippen LogP contribution in [0.1, 0.15) is 22.9 Å². The Morgan fingerprint density at radius 3 is 2.85 bits per heavy atom. The number of aryl methyl sites for hydroxylation is 1. The maximum Gasteiger partial charge on any atom is 0.137 e. The second kappa shape index (κ2) is 5.13. The lowest BCUT2D eigenvalue weighted by atomic mass is 10.2. The molecule has 102 valence electrons. The topological polar surface area (TPSA) is 50.7 Å². The van der Waals surface area contributed by atoms with Gasteiger partial charge in [-0.1, -0.05) is 0 Å². The molecule has 0 bridgehead atoms. The number of rotatable bonds is 3. The fourth-order valence-electron chi connectivity index (χ4n) is 1.98. The minimum atomic E-state index is -0.298. The first kappa shape index (κ1) is 12.9. The molecule has 0 aliphatic heterocycles. The summed E-state index contributed by atoms with van der Waals surface area (Å²) in [5.74, 6) is 0.322. The third-order valence-electron chi connectivity index (χ3n) is 2.96. The summed E-state index contributed by atoms with van der Waals surface area (Å²) in [5.41, 5.74) is 0.714. The summed E-state index contributed by atoms with van der Waals surface area (Å²) in [7, 11) is 0. The molecule has 0 radical (unpaired) electrons. The molecule has 2 heterocycles. The van der Waals surface area contributed by atoms with Crippen molar-refractivity contribution >= 4 is 28.1 Å². The third-order valence-corrected chi connectivity index (χ3v) is 4.06. The lowest BCUT2D eigenvalue weighted by Crippen LogP contribution is -2.08. The molecule has 0 spiro atoms. The van der Waals surface area contributed by atoms with Crippen molar-refractivity contribution in [3.63, 3.8) is 0 Å². The highest BCUT2D eigenvalue weighted by Crippen LogP contribution is 2.26. The first-order chi connectivity index (χ1) is 9.63. The van der Waals surface area contributed by atoms with E-state index in [1.165, 1.54) is 18.5 Å². The number of anilines is 1. The highest BCUT2D eigenvalue weighted by atomic mass is 32.1. The summed E-state index contributed by atoms with van der Waals surface area (Å²) in [4.78, 5) is 13.9. The van der Waals surface area contributed by atoms with Gasteiger partial charge in [-0.15, -0.1) is 11.3 Å². The second-order valence-corrected chi connectivity index (χ2v) is 5.83. The third kappa shape index (κ3) is 2.46. The van der Waals surface area contributed by atoms with Crippen molar-refractivity contribution in [1.82, 2.24) is 15.0 Å². The SMILES string of the molecule is Cc1cnc(C(C)Nc2ncnc3ccc(F)cc23)s1. The Morgan fingerprint density at radius 2 is 2.10 bits per heavy atom. The van der Waals surface area contributed by atoms with Crippen LogP contribution in [-0.2, 0) is 0 Å². The number of nitrogens with one attached hydrogen (secondary N) is 1. The van der Waals surface area contributed by atoms with Crippen LogP contribution in [0, 0.1) is 12.7 Å². The fraction of sp³-hybridized carbons (Fsp3) is 0.214. The van der Waals surface area contributed by atoms with Gasteiger partial charge in [-0.3, -0.25) is 0 Å². The van der Waals surface area contributed by atoms with Gasteiger partial charge in [0.15, 0.2) is 0 Å². The molecule has 0 aliphatic carbocycles. The highest BCUT2D eigenvalue weighted by molar-refractivity contribution is 7.11. The molecule has 1 atom stereocenters. The van der Waals surface area contributed by atoms with E-state index in [0.717, 1.165) is 9.88 Å². The number of nitrogens with zero attached hydrogens (tertiary/aromatic N) is 3. The normalized spacial score (nSPS) is 12.6. The number of thiazole rings is 1. The van der Waals surface area contributed by atoms with Gasteiger partial charge in [0.1, 0.15) is 23.0 Å². The van der Waals surface area contributed by atoms with Crippen LogP contribution in [0.15, 0.2) is 30.7 Å². The standard InChI is InChI=1S/C14H13FN4S/c1-8-6-16-14(20-8)9(2)19-13-11-5-10(15)3-4-12(11)17-7-18-13/h3-7,9H,1-2H3,(H,17,18,19). The Balaban J connectivity index is 1.96. The van der Waals surface area contributed by atoms with E-state index in [1.807, 2.05) is 20.0 Å². The quantitative estimate of drug-likeness (QED) is 0.798. The monoisotopic (exact) mass is 288 g/mol. The van der Waals surface area contributed by atoms with Gasteiger partial charge >= 0.3 is 0 Å². The Labute approximate surface area is 119 Å². The largest absolute Gasteiger partial charge is 0.360 e. The van der Waals surface area contributed by atoms with Crippen molar-refractivity contribution in [1.29, 1.82) is 0 Å². The summed E-state index contributed by atoms with van der Waals surface area (Å²) < 4.78 is 13.4. The van der Waals surface area contributed by atoms with Gasteiger partial charge in [0, 0.05) is 16.5 Å². The molecule has 1 aromatic carbocycles. The molecule has 0 saturated carbocycles. The van der Waals surface area contributed by atoms with E-state index in [1.54, 1.807) is 17.4 Å². The molecule has 3 aromatic rings. The van der Waals surface area contributed by atoms with E-state index < -0.39 is 0 Å². The minimum absolute atomic E-state index is 0.00932. The second-order valence-electron chi connectivity index (χ2n) is 4.56. The average Bonchev–Trinajstić information content (AvgIpc) is 2.86. The van der Waals surface area contributed by atoms with Crippen LogP contribution in [0.25, 0.3) is 10.9 Å². The molecule has 0 amide bonds. The maximum atomic E-state index is 13.4. The number of halogens is 1. The molecule has 2 aromatic heterocycles. The number of fused-ring (bicyclic) bond motifs is 1. The van der Waals surface area contributed by atoms with Crippen molar-refractivity contribution < 1.29 is 4.39 Å². The number of aromatic nitrogens is 3. The predicted molar refractivity (Wildman–Crippen MR) is 78.4 cm³/mol. The van der Waals surface area contributed by atoms with E-state index in [4.69, 9.17) is 0 Å². The van der Waals surface area contributed by atoms with Crippen molar-refractivity contribution in [2.45, 2.75) is 19.9 Å². The zero-order chi connectivity index (χ0) is 14.1. The van der Waals surface area contributed by atoms with Gasteiger partial charge in [-0.05, 0) is 32.0 Å². The van der Waals surface area contributed by atoms with Gasteiger partial charge < -0.3 is 5.32 Å². The molecular weight excluding hydrogens is 275 g/mol.